The van der Waals surface area contributed by atoms with Gasteiger partial charge in [0.1, 0.15) is 0 Å². The van der Waals surface area contributed by atoms with Crippen LogP contribution >= 0.6 is 0 Å². The first-order valence-electron chi connectivity index (χ1n) is 7.91. The van der Waals surface area contributed by atoms with Crippen LogP contribution in [0.25, 0.3) is 0 Å². The van der Waals surface area contributed by atoms with Crippen LogP contribution < -0.4 is 5.32 Å². The molecule has 19 heavy (non-hydrogen) atoms. The standard InChI is InChI=1S/C16H27N3/c1-18-12-7-15(13-18)16(14-5-8-17-9-6-14)19-10-3-2-4-11-19/h7,12-14,16-17H,2-6,8-11H2,1H3. The van der Waals surface area contributed by atoms with Crippen molar-refractivity contribution in [3.63, 3.8) is 0 Å². The summed E-state index contributed by atoms with van der Waals surface area (Å²) in [6.07, 6.45) is 11.4. The van der Waals surface area contributed by atoms with Gasteiger partial charge in [0, 0.05) is 25.5 Å². The third-order valence-corrected chi connectivity index (χ3v) is 4.81. The summed E-state index contributed by atoms with van der Waals surface area (Å²) in [7, 11) is 2.14. The molecule has 3 heteroatoms. The molecule has 2 fully saturated rings. The Labute approximate surface area is 117 Å². The van der Waals surface area contributed by atoms with Crippen LogP contribution in [-0.2, 0) is 7.05 Å². The van der Waals surface area contributed by atoms with Gasteiger partial charge in [0.25, 0.3) is 0 Å². The average molecular weight is 261 g/mol. The van der Waals surface area contributed by atoms with Crippen molar-refractivity contribution in [2.75, 3.05) is 26.2 Å². The van der Waals surface area contributed by atoms with E-state index in [4.69, 9.17) is 0 Å². The molecule has 3 rings (SSSR count). The van der Waals surface area contributed by atoms with Crippen molar-refractivity contribution in [2.24, 2.45) is 13.0 Å². The van der Waals surface area contributed by atoms with Gasteiger partial charge in [-0.25, -0.2) is 0 Å². The lowest BCUT2D eigenvalue weighted by atomic mass is 9.85. The molecular weight excluding hydrogens is 234 g/mol. The van der Waals surface area contributed by atoms with Crippen LogP contribution in [0.3, 0.4) is 0 Å². The molecule has 0 aromatic carbocycles. The van der Waals surface area contributed by atoms with E-state index in [1.54, 1.807) is 0 Å². The van der Waals surface area contributed by atoms with Crippen molar-refractivity contribution in [3.8, 4) is 0 Å². The minimum Gasteiger partial charge on any atom is -0.357 e. The number of aromatic nitrogens is 1. The van der Waals surface area contributed by atoms with Crippen LogP contribution in [0, 0.1) is 5.92 Å². The van der Waals surface area contributed by atoms with E-state index < -0.39 is 0 Å². The maximum Gasteiger partial charge on any atom is 0.0392 e. The van der Waals surface area contributed by atoms with Crippen molar-refractivity contribution in [1.82, 2.24) is 14.8 Å². The first-order chi connectivity index (χ1) is 9.34. The fraction of sp³-hybridized carbons (Fsp3) is 0.750. The van der Waals surface area contributed by atoms with E-state index in [0.717, 1.165) is 5.92 Å². The lowest BCUT2D eigenvalue weighted by molar-refractivity contribution is 0.0999. The molecule has 106 valence electrons. The highest BCUT2D eigenvalue weighted by atomic mass is 15.2. The molecule has 3 heterocycles. The highest BCUT2D eigenvalue weighted by Gasteiger charge is 2.31. The van der Waals surface area contributed by atoms with Crippen molar-refractivity contribution in [3.05, 3.63) is 24.0 Å². The predicted molar refractivity (Wildman–Crippen MR) is 79.2 cm³/mol. The molecule has 0 amide bonds. The summed E-state index contributed by atoms with van der Waals surface area (Å²) >= 11 is 0. The fourth-order valence-corrected chi connectivity index (χ4v) is 3.84. The van der Waals surface area contributed by atoms with E-state index in [1.165, 1.54) is 63.8 Å². The lowest BCUT2D eigenvalue weighted by Crippen LogP contribution is -2.41. The molecule has 2 aliphatic heterocycles. The summed E-state index contributed by atoms with van der Waals surface area (Å²) < 4.78 is 2.20. The summed E-state index contributed by atoms with van der Waals surface area (Å²) in [6, 6.07) is 2.99. The van der Waals surface area contributed by atoms with E-state index in [2.05, 4.69) is 40.3 Å². The second-order valence-electron chi connectivity index (χ2n) is 6.24. The SMILES string of the molecule is Cn1ccc(C(C2CCNCC2)N2CCCCC2)c1. The van der Waals surface area contributed by atoms with Crippen LogP contribution in [0.2, 0.25) is 0 Å². The highest BCUT2D eigenvalue weighted by Crippen LogP contribution is 2.35. The van der Waals surface area contributed by atoms with Gasteiger partial charge >= 0.3 is 0 Å². The first-order valence-corrected chi connectivity index (χ1v) is 7.91. The molecule has 0 spiro atoms. The van der Waals surface area contributed by atoms with Gasteiger partial charge in [-0.2, -0.15) is 0 Å². The van der Waals surface area contributed by atoms with Crippen molar-refractivity contribution in [2.45, 2.75) is 38.1 Å². The molecule has 1 N–H and O–H groups in total. The third-order valence-electron chi connectivity index (χ3n) is 4.81. The van der Waals surface area contributed by atoms with Gasteiger partial charge in [-0.15, -0.1) is 0 Å². The number of nitrogens with one attached hydrogen (secondary N) is 1. The summed E-state index contributed by atoms with van der Waals surface area (Å²) in [6.45, 7) is 4.98. The Hall–Kier alpha value is -0.800. The second-order valence-corrected chi connectivity index (χ2v) is 6.24. The van der Waals surface area contributed by atoms with E-state index in [0.29, 0.717) is 6.04 Å². The molecule has 3 nitrogen and oxygen atoms in total. The largest absolute Gasteiger partial charge is 0.357 e. The molecule has 0 saturated carbocycles. The summed E-state index contributed by atoms with van der Waals surface area (Å²) in [5, 5.41) is 3.51. The van der Waals surface area contributed by atoms with Gasteiger partial charge in [-0.05, 0) is 69.4 Å². The third kappa shape index (κ3) is 3.03. The van der Waals surface area contributed by atoms with E-state index in [1.807, 2.05) is 0 Å². The van der Waals surface area contributed by atoms with Crippen molar-refractivity contribution in [1.29, 1.82) is 0 Å². The van der Waals surface area contributed by atoms with Gasteiger partial charge in [0.2, 0.25) is 0 Å². The zero-order valence-electron chi connectivity index (χ0n) is 12.1. The van der Waals surface area contributed by atoms with Gasteiger partial charge in [-0.3, -0.25) is 4.90 Å². The van der Waals surface area contributed by atoms with Gasteiger partial charge < -0.3 is 9.88 Å². The molecule has 2 aliphatic rings. The Morgan fingerprint density at radius 1 is 1.16 bits per heavy atom. The van der Waals surface area contributed by atoms with Gasteiger partial charge in [0.15, 0.2) is 0 Å². The number of hydrogen-bond donors (Lipinski definition) is 1. The Bertz CT molecular complexity index is 368. The van der Waals surface area contributed by atoms with Crippen molar-refractivity contribution >= 4 is 0 Å². The topological polar surface area (TPSA) is 20.2 Å². The Balaban J connectivity index is 1.81. The molecule has 0 bridgehead atoms. The van der Waals surface area contributed by atoms with Gasteiger partial charge in [0.05, 0.1) is 0 Å². The van der Waals surface area contributed by atoms with Crippen LogP contribution in [0.4, 0.5) is 0 Å². The van der Waals surface area contributed by atoms with Crippen LogP contribution in [-0.4, -0.2) is 35.6 Å². The van der Waals surface area contributed by atoms with E-state index >= 15 is 0 Å². The van der Waals surface area contributed by atoms with Crippen LogP contribution in [0.5, 0.6) is 0 Å². The van der Waals surface area contributed by atoms with Crippen LogP contribution in [0.1, 0.15) is 43.7 Å². The zero-order valence-corrected chi connectivity index (χ0v) is 12.1. The predicted octanol–water partition coefficient (Wildman–Crippen LogP) is 2.55. The number of aryl methyl sites for hydroxylation is 1. The Kier molecular flexibility index (Phi) is 4.24. The Morgan fingerprint density at radius 3 is 2.53 bits per heavy atom. The minimum atomic E-state index is 0.656. The lowest BCUT2D eigenvalue weighted by Gasteiger charge is -2.40. The number of rotatable bonds is 3. The molecule has 1 unspecified atom stereocenters. The second kappa shape index (κ2) is 6.10. The van der Waals surface area contributed by atoms with E-state index in [9.17, 15) is 0 Å². The average Bonchev–Trinajstić information content (AvgIpc) is 2.88. The number of nitrogens with zero attached hydrogens (tertiary/aromatic N) is 2. The quantitative estimate of drug-likeness (QED) is 0.902. The minimum absolute atomic E-state index is 0.656. The molecule has 1 aromatic rings. The smallest absolute Gasteiger partial charge is 0.0392 e. The maximum atomic E-state index is 3.51. The van der Waals surface area contributed by atoms with Crippen LogP contribution in [0.15, 0.2) is 18.5 Å². The molecule has 2 saturated heterocycles. The molecule has 1 aromatic heterocycles. The fourth-order valence-electron chi connectivity index (χ4n) is 3.84. The van der Waals surface area contributed by atoms with E-state index in [-0.39, 0.29) is 0 Å². The number of hydrogen-bond acceptors (Lipinski definition) is 2. The number of likely N-dealkylation sites (tertiary alicyclic amines) is 1. The molecule has 0 radical (unpaired) electrons. The first kappa shape index (κ1) is 13.2. The van der Waals surface area contributed by atoms with Gasteiger partial charge in [-0.1, -0.05) is 6.42 Å². The normalized spacial score (nSPS) is 24.5. The Morgan fingerprint density at radius 2 is 1.89 bits per heavy atom. The highest BCUT2D eigenvalue weighted by molar-refractivity contribution is 5.17. The summed E-state index contributed by atoms with van der Waals surface area (Å²) in [5.74, 6) is 0.835. The molecule has 1 atom stereocenters. The number of piperidine rings is 2. The summed E-state index contributed by atoms with van der Waals surface area (Å²) in [5.41, 5.74) is 1.54. The molecule has 0 aliphatic carbocycles. The zero-order chi connectivity index (χ0) is 13.1. The summed E-state index contributed by atoms with van der Waals surface area (Å²) in [4.78, 5) is 2.76. The van der Waals surface area contributed by atoms with Crippen molar-refractivity contribution < 1.29 is 0 Å². The molecular formula is C16H27N3. The maximum absolute atomic E-state index is 3.51. The monoisotopic (exact) mass is 261 g/mol.